The number of aliphatic hydroxyl groups is 1. The van der Waals surface area contributed by atoms with Gasteiger partial charge in [0.1, 0.15) is 47.2 Å². The predicted octanol–water partition coefficient (Wildman–Crippen LogP) is 3.87. The molecule has 3 heterocycles. The zero-order valence-corrected chi connectivity index (χ0v) is 25.6. The first-order valence-corrected chi connectivity index (χ1v) is 14.4. The van der Waals surface area contributed by atoms with E-state index in [1.54, 1.807) is 38.6 Å². The minimum atomic E-state index is -1.88. The van der Waals surface area contributed by atoms with Gasteiger partial charge in [-0.15, -0.1) is 14.9 Å². The highest BCUT2D eigenvalue weighted by Crippen LogP contribution is 2.47. The summed E-state index contributed by atoms with van der Waals surface area (Å²) < 4.78 is 38.2. The van der Waals surface area contributed by atoms with Gasteiger partial charge in [-0.2, -0.15) is 5.10 Å². The fourth-order valence-electron chi connectivity index (χ4n) is 4.99. The molecule has 0 bridgehead atoms. The predicted molar refractivity (Wildman–Crippen MR) is 156 cm³/mol. The minimum absolute atomic E-state index is 0.0852. The summed E-state index contributed by atoms with van der Waals surface area (Å²) >= 11 is 1.19. The van der Waals surface area contributed by atoms with Crippen molar-refractivity contribution in [1.82, 2.24) is 34.7 Å². The summed E-state index contributed by atoms with van der Waals surface area (Å²) in [5, 5.41) is 29.7. The fraction of sp³-hybridized carbons (Fsp3) is 0.300. The summed E-state index contributed by atoms with van der Waals surface area (Å²) in [7, 11) is 0. The number of rotatable bonds is 10. The number of thioether (sulfide) groups is 1. The van der Waals surface area contributed by atoms with Gasteiger partial charge in [0.25, 0.3) is 6.33 Å². The molecule has 5 rings (SSSR count). The number of hydrogen-bond acceptors (Lipinski definition) is 9. The molecule has 0 spiro atoms. The second kappa shape index (κ2) is 12.2. The molecule has 228 valence electrons. The van der Waals surface area contributed by atoms with Crippen LogP contribution in [-0.4, -0.2) is 50.6 Å². The van der Waals surface area contributed by atoms with Crippen LogP contribution < -0.4 is 9.30 Å². The Morgan fingerprint density at radius 1 is 1.07 bits per heavy atom. The Morgan fingerprint density at radius 2 is 1.82 bits per heavy atom. The van der Waals surface area contributed by atoms with Gasteiger partial charge in [-0.1, -0.05) is 17.8 Å². The number of aromatic nitrogens is 8. The molecule has 0 amide bonds. The molecule has 14 heteroatoms. The Hall–Kier alpha value is -4.56. The molecule has 1 atom stereocenters. The zero-order valence-electron chi connectivity index (χ0n) is 24.8. The van der Waals surface area contributed by atoms with Gasteiger partial charge in [-0.05, 0) is 74.7 Å². The first kappa shape index (κ1) is 30.9. The third-order valence-electron chi connectivity index (χ3n) is 7.16. The van der Waals surface area contributed by atoms with Crippen LogP contribution in [0.3, 0.4) is 0 Å². The number of carbonyl (C=O) groups is 1. The van der Waals surface area contributed by atoms with Crippen molar-refractivity contribution >= 4 is 17.7 Å². The lowest BCUT2D eigenvalue weighted by Gasteiger charge is -2.40. The van der Waals surface area contributed by atoms with Crippen LogP contribution in [-0.2, 0) is 23.5 Å². The number of ether oxygens (including phenoxy) is 1. The Bertz CT molecular complexity index is 1770. The molecule has 0 aliphatic rings. The highest BCUT2D eigenvalue weighted by molar-refractivity contribution is 8.00. The second-order valence-electron chi connectivity index (χ2n) is 10.9. The number of nitrogens with zero attached hydrogens (tertiary/aromatic N) is 8. The van der Waals surface area contributed by atoms with Crippen molar-refractivity contribution in [3.8, 4) is 11.6 Å². The normalized spacial score (nSPS) is 13.1. The molecule has 3 aromatic heterocycles. The van der Waals surface area contributed by atoms with Gasteiger partial charge in [-0.25, -0.2) is 23.0 Å². The highest BCUT2D eigenvalue weighted by Gasteiger charge is 2.50. The van der Waals surface area contributed by atoms with Crippen LogP contribution in [0.4, 0.5) is 8.78 Å². The number of hydrogen-bond donors (Lipinski definition) is 1. The van der Waals surface area contributed by atoms with E-state index in [9.17, 15) is 14.3 Å². The van der Waals surface area contributed by atoms with E-state index >= 15 is 4.39 Å². The molecule has 0 fully saturated rings. The van der Waals surface area contributed by atoms with Gasteiger partial charge in [0.2, 0.25) is 6.33 Å². The Labute approximate surface area is 256 Å². The average Bonchev–Trinajstić information content (AvgIpc) is 3.63. The monoisotopic (exact) mass is 621 g/mol. The Morgan fingerprint density at radius 3 is 2.43 bits per heavy atom. The summed E-state index contributed by atoms with van der Waals surface area (Å²) in [6.45, 7) is 8.88. The van der Waals surface area contributed by atoms with Crippen molar-refractivity contribution in [2.45, 2.75) is 63.1 Å². The average molecular weight is 622 g/mol. The molecule has 0 radical (unpaired) electrons. The van der Waals surface area contributed by atoms with Gasteiger partial charge in [0.15, 0.2) is 5.82 Å². The molecule has 0 aliphatic heterocycles. The first-order valence-electron chi connectivity index (χ1n) is 13.6. The third kappa shape index (κ3) is 6.50. The van der Waals surface area contributed by atoms with Crippen molar-refractivity contribution in [2.75, 3.05) is 0 Å². The summed E-state index contributed by atoms with van der Waals surface area (Å²) in [4.78, 5) is 15.4. The maximum Gasteiger partial charge on any atom is 0.308 e. The molecule has 11 nitrogen and oxygen atoms in total. The topological polar surface area (TPSA) is 125 Å². The number of benzene rings is 2. The largest absolute Gasteiger partial charge is 0.426 e. The molecule has 0 aliphatic carbocycles. The lowest BCUT2D eigenvalue weighted by molar-refractivity contribution is -0.689. The highest BCUT2D eigenvalue weighted by atomic mass is 32.2. The van der Waals surface area contributed by atoms with E-state index in [0.29, 0.717) is 23.1 Å². The van der Waals surface area contributed by atoms with Crippen LogP contribution in [0.2, 0.25) is 0 Å². The van der Waals surface area contributed by atoms with Crippen LogP contribution in [0.15, 0.2) is 72.8 Å². The van der Waals surface area contributed by atoms with Crippen LogP contribution in [0, 0.1) is 25.5 Å². The third-order valence-corrected chi connectivity index (χ3v) is 8.44. The van der Waals surface area contributed by atoms with Crippen LogP contribution in [0.25, 0.3) is 5.82 Å². The van der Waals surface area contributed by atoms with Crippen molar-refractivity contribution in [3.05, 3.63) is 102 Å². The summed E-state index contributed by atoms with van der Waals surface area (Å²) in [6, 6.07) is 10.4. The van der Waals surface area contributed by atoms with Crippen molar-refractivity contribution in [2.24, 2.45) is 0 Å². The molecular formula is C30H31F2N8O3S+. The number of carbonyl (C=O) groups excluding carboxylic acids is 1. The van der Waals surface area contributed by atoms with Crippen LogP contribution >= 0.6 is 11.8 Å². The second-order valence-corrected chi connectivity index (χ2v) is 12.6. The Kier molecular flexibility index (Phi) is 8.57. The van der Waals surface area contributed by atoms with Gasteiger partial charge >= 0.3 is 5.97 Å². The molecular weight excluding hydrogens is 590 g/mol. The maximum absolute atomic E-state index is 15.3. The lowest BCUT2D eigenvalue weighted by Crippen LogP contribution is -2.49. The summed E-state index contributed by atoms with van der Waals surface area (Å²) in [5.74, 6) is -1.03. The first-order chi connectivity index (χ1) is 20.8. The number of halogens is 2. The van der Waals surface area contributed by atoms with E-state index in [2.05, 4.69) is 25.4 Å². The molecule has 2 aromatic carbocycles. The lowest BCUT2D eigenvalue weighted by atomic mass is 9.82. The molecule has 1 unspecified atom stereocenters. The molecule has 0 saturated carbocycles. The van der Waals surface area contributed by atoms with Gasteiger partial charge in [0.05, 0.1) is 11.3 Å². The van der Waals surface area contributed by atoms with E-state index in [4.69, 9.17) is 4.74 Å². The number of aryl methyl sites for hydroxylation is 2. The van der Waals surface area contributed by atoms with Crippen molar-refractivity contribution < 1.29 is 28.0 Å². The van der Waals surface area contributed by atoms with E-state index in [1.165, 1.54) is 46.8 Å². The number of esters is 1. The van der Waals surface area contributed by atoms with Crippen molar-refractivity contribution in [1.29, 1.82) is 0 Å². The van der Waals surface area contributed by atoms with Gasteiger partial charge < -0.3 is 9.84 Å². The smallest absolute Gasteiger partial charge is 0.308 e. The van der Waals surface area contributed by atoms with E-state index in [-0.39, 0.29) is 18.1 Å². The molecule has 1 N–H and O–H groups in total. The minimum Gasteiger partial charge on any atom is -0.426 e. The van der Waals surface area contributed by atoms with Crippen molar-refractivity contribution in [3.63, 3.8) is 0 Å². The maximum atomic E-state index is 15.3. The van der Waals surface area contributed by atoms with Crippen LogP contribution in [0.5, 0.6) is 5.75 Å². The molecule has 5 aromatic rings. The molecule has 44 heavy (non-hydrogen) atoms. The summed E-state index contributed by atoms with van der Waals surface area (Å²) in [6.07, 6.45) is 6.17. The van der Waals surface area contributed by atoms with Crippen LogP contribution in [0.1, 0.15) is 43.0 Å². The quantitative estimate of drug-likeness (QED) is 0.107. The summed E-state index contributed by atoms with van der Waals surface area (Å²) in [5.41, 5.74) is 0.618. The van der Waals surface area contributed by atoms with E-state index in [0.717, 1.165) is 28.8 Å². The fourth-order valence-corrected chi connectivity index (χ4v) is 6.08. The zero-order chi connectivity index (χ0) is 31.6. The SMILES string of the molecule is CC(=O)Oc1c(C)cc(C[n+]2cnn(CC(O)(c3ccc(F)cc3F)C(C)(C)Sc3ccc(-n4cncn4)nn3)c2)cc1C. The Balaban J connectivity index is 1.43. The van der Waals surface area contributed by atoms with Gasteiger partial charge in [-0.3, -0.25) is 4.79 Å². The van der Waals surface area contributed by atoms with E-state index in [1.807, 2.05) is 30.5 Å². The van der Waals surface area contributed by atoms with Gasteiger partial charge in [0, 0.05) is 23.7 Å². The molecule has 0 saturated heterocycles. The standard InChI is InChI=1S/C30H31F2N8O3S/c1-19-10-22(11-20(2)28(19)43-21(3)41)13-38-17-35-39(18-38)14-30(42,24-7-6-23(31)12-25(24)32)29(4,5)44-27-9-8-26(36-37-27)40-16-33-15-34-40/h6-12,15-18,42H,13-14H2,1-5H3/q+1. The van der Waals surface area contributed by atoms with E-state index < -0.39 is 22.0 Å².